The second-order valence-electron chi connectivity index (χ2n) is 9.49. The van der Waals surface area contributed by atoms with Crippen LogP contribution in [0.15, 0.2) is 78.9 Å². The summed E-state index contributed by atoms with van der Waals surface area (Å²) in [7, 11) is 1.38. The van der Waals surface area contributed by atoms with Crippen molar-refractivity contribution >= 4 is 28.1 Å². The van der Waals surface area contributed by atoms with Crippen molar-refractivity contribution in [3.63, 3.8) is 0 Å². The van der Waals surface area contributed by atoms with E-state index in [2.05, 4.69) is 59.6 Å². The molecule has 37 heavy (non-hydrogen) atoms. The molecule has 4 aromatic carbocycles. The molecule has 4 aromatic rings. The minimum absolute atomic E-state index is 0.162. The van der Waals surface area contributed by atoms with E-state index < -0.39 is 0 Å². The van der Waals surface area contributed by atoms with Crippen LogP contribution in [0.1, 0.15) is 40.9 Å². The highest BCUT2D eigenvalue weighted by molar-refractivity contribution is 5.92. The number of fused-ring (bicyclic) bond motifs is 2. The molecule has 2 atom stereocenters. The quantitative estimate of drug-likeness (QED) is 0.287. The van der Waals surface area contributed by atoms with Gasteiger partial charge >= 0.3 is 5.97 Å². The van der Waals surface area contributed by atoms with Gasteiger partial charge in [-0.25, -0.2) is 9.18 Å². The predicted molar refractivity (Wildman–Crippen MR) is 145 cm³/mol. The number of benzene rings is 4. The molecule has 0 radical (unpaired) electrons. The fraction of sp³-hybridized carbons (Fsp3) is 0.258. The van der Waals surface area contributed by atoms with Crippen LogP contribution in [0.4, 0.5) is 15.8 Å². The van der Waals surface area contributed by atoms with Gasteiger partial charge < -0.3 is 19.7 Å². The molecule has 0 fully saturated rings. The molecule has 1 unspecified atom stereocenters. The summed E-state index contributed by atoms with van der Waals surface area (Å²) in [6.45, 7) is 5.35. The first-order valence-corrected chi connectivity index (χ1v) is 12.6. The van der Waals surface area contributed by atoms with E-state index in [1.54, 1.807) is 6.07 Å². The van der Waals surface area contributed by atoms with Gasteiger partial charge in [-0.15, -0.1) is 0 Å². The fourth-order valence-electron chi connectivity index (χ4n) is 5.03. The van der Waals surface area contributed by atoms with Crippen molar-refractivity contribution in [1.82, 2.24) is 5.32 Å². The van der Waals surface area contributed by atoms with Gasteiger partial charge in [-0.1, -0.05) is 48.5 Å². The van der Waals surface area contributed by atoms with Gasteiger partial charge in [0.15, 0.2) is 0 Å². The van der Waals surface area contributed by atoms with Crippen molar-refractivity contribution in [2.45, 2.75) is 32.4 Å². The van der Waals surface area contributed by atoms with Gasteiger partial charge in [0.1, 0.15) is 17.7 Å². The highest BCUT2D eigenvalue weighted by atomic mass is 19.1. The fourth-order valence-corrected chi connectivity index (χ4v) is 5.03. The smallest absolute Gasteiger partial charge is 0.338 e. The van der Waals surface area contributed by atoms with Crippen LogP contribution < -0.4 is 15.0 Å². The van der Waals surface area contributed by atoms with Crippen molar-refractivity contribution in [3.8, 4) is 5.75 Å². The van der Waals surface area contributed by atoms with Crippen LogP contribution in [-0.2, 0) is 4.74 Å². The Balaban J connectivity index is 1.34. The number of esters is 1. The second-order valence-corrected chi connectivity index (χ2v) is 9.49. The van der Waals surface area contributed by atoms with Crippen molar-refractivity contribution < 1.29 is 18.7 Å². The van der Waals surface area contributed by atoms with Crippen LogP contribution in [0, 0.1) is 12.7 Å². The molecule has 5 nitrogen and oxygen atoms in total. The summed E-state index contributed by atoms with van der Waals surface area (Å²) in [5, 5.41) is 6.10. The largest absolute Gasteiger partial charge is 0.486 e. The summed E-state index contributed by atoms with van der Waals surface area (Å²) in [4.78, 5) is 14.4. The number of aryl methyl sites for hydroxylation is 1. The van der Waals surface area contributed by atoms with Crippen LogP contribution in [0.25, 0.3) is 10.8 Å². The van der Waals surface area contributed by atoms with Crippen molar-refractivity contribution in [2.24, 2.45) is 0 Å². The molecule has 5 rings (SSSR count). The number of methoxy groups -OCH3 is 1. The van der Waals surface area contributed by atoms with Gasteiger partial charge in [0, 0.05) is 17.8 Å². The van der Waals surface area contributed by atoms with Crippen molar-refractivity contribution in [1.29, 1.82) is 0 Å². The Kier molecular flexibility index (Phi) is 7.10. The molecule has 0 spiro atoms. The average molecular weight is 499 g/mol. The third kappa shape index (κ3) is 5.16. The Morgan fingerprint density at radius 1 is 1.11 bits per heavy atom. The Labute approximate surface area is 216 Å². The summed E-state index contributed by atoms with van der Waals surface area (Å²) in [5.74, 6) is -0.227. The Bertz CT molecular complexity index is 1430. The molecule has 1 aliphatic rings. The minimum atomic E-state index is -0.380. The third-order valence-electron chi connectivity index (χ3n) is 7.04. The van der Waals surface area contributed by atoms with Gasteiger partial charge in [0.2, 0.25) is 0 Å². The van der Waals surface area contributed by atoms with E-state index in [9.17, 15) is 9.18 Å². The molecule has 190 valence electrons. The monoisotopic (exact) mass is 498 g/mol. The van der Waals surface area contributed by atoms with E-state index in [-0.39, 0.29) is 23.9 Å². The number of hydrogen-bond donors (Lipinski definition) is 1. The summed E-state index contributed by atoms with van der Waals surface area (Å²) < 4.78 is 25.3. The maximum Gasteiger partial charge on any atom is 0.338 e. The SMILES string of the molecule is COC(=O)c1cc(N2CC(CCN[C@H](C)c3cccc4ccccc34)Oc3cc(F)ccc32)ccc1C. The Morgan fingerprint density at radius 2 is 1.92 bits per heavy atom. The lowest BCUT2D eigenvalue weighted by Crippen LogP contribution is -2.39. The lowest BCUT2D eigenvalue weighted by molar-refractivity contribution is 0.0600. The van der Waals surface area contributed by atoms with E-state index in [1.807, 2.05) is 25.1 Å². The Morgan fingerprint density at radius 3 is 2.76 bits per heavy atom. The molecule has 0 amide bonds. The first-order valence-electron chi connectivity index (χ1n) is 12.6. The molecule has 0 saturated heterocycles. The zero-order valence-electron chi connectivity index (χ0n) is 21.3. The summed E-state index contributed by atoms with van der Waals surface area (Å²) in [6.07, 6.45) is 0.571. The molecule has 0 saturated carbocycles. The molecular weight excluding hydrogens is 467 g/mol. The van der Waals surface area contributed by atoms with Gasteiger partial charge in [-0.3, -0.25) is 0 Å². The number of hydrogen-bond acceptors (Lipinski definition) is 5. The van der Waals surface area contributed by atoms with Gasteiger partial charge in [-0.05, 0) is 73.0 Å². The van der Waals surface area contributed by atoms with Gasteiger partial charge in [0.25, 0.3) is 0 Å². The van der Waals surface area contributed by atoms with E-state index >= 15 is 0 Å². The number of ether oxygens (including phenoxy) is 2. The zero-order valence-corrected chi connectivity index (χ0v) is 21.3. The molecule has 0 aromatic heterocycles. The molecule has 1 heterocycles. The normalized spacial score (nSPS) is 15.7. The summed E-state index contributed by atoms with van der Waals surface area (Å²) >= 11 is 0. The van der Waals surface area contributed by atoms with Crippen molar-refractivity contribution in [2.75, 3.05) is 25.1 Å². The highest BCUT2D eigenvalue weighted by Crippen LogP contribution is 2.39. The lowest BCUT2D eigenvalue weighted by atomic mass is 9.99. The van der Waals surface area contributed by atoms with Crippen LogP contribution in [0.3, 0.4) is 0 Å². The highest BCUT2D eigenvalue weighted by Gasteiger charge is 2.28. The number of halogens is 1. The lowest BCUT2D eigenvalue weighted by Gasteiger charge is -2.37. The number of nitrogens with one attached hydrogen (secondary N) is 1. The van der Waals surface area contributed by atoms with E-state index in [1.165, 1.54) is 35.6 Å². The second kappa shape index (κ2) is 10.6. The van der Waals surface area contributed by atoms with Crippen LogP contribution >= 0.6 is 0 Å². The van der Waals surface area contributed by atoms with Crippen LogP contribution in [0.2, 0.25) is 0 Å². The molecule has 0 bridgehead atoms. The van der Waals surface area contributed by atoms with Crippen LogP contribution in [-0.4, -0.2) is 32.3 Å². The van der Waals surface area contributed by atoms with Crippen LogP contribution in [0.5, 0.6) is 5.75 Å². The Hall–Kier alpha value is -3.90. The average Bonchev–Trinajstić information content (AvgIpc) is 2.92. The summed E-state index contributed by atoms with van der Waals surface area (Å²) in [6, 6.07) is 25.2. The van der Waals surface area contributed by atoms with E-state index in [4.69, 9.17) is 9.47 Å². The zero-order chi connectivity index (χ0) is 25.9. The number of rotatable bonds is 7. The summed E-state index contributed by atoms with van der Waals surface area (Å²) in [5.41, 5.74) is 4.22. The molecule has 1 aliphatic heterocycles. The van der Waals surface area contributed by atoms with Crippen molar-refractivity contribution in [3.05, 3.63) is 101 Å². The maximum atomic E-state index is 14.1. The number of nitrogens with zero attached hydrogens (tertiary/aromatic N) is 1. The first kappa shape index (κ1) is 24.8. The molecular formula is C31H31FN2O3. The van der Waals surface area contributed by atoms with E-state index in [0.717, 1.165) is 29.9 Å². The number of carbonyl (C=O) groups excluding carboxylic acids is 1. The standard InChI is InChI=1S/C31H31FN2O3/c1-20-11-13-24(18-28(20)31(35)36-3)34-19-25(37-30-17-23(32)12-14-29(30)34)15-16-33-21(2)26-10-6-8-22-7-4-5-9-27(22)26/h4-14,17-18,21,25,33H,15-16,19H2,1-3H3/t21-,25?/m1/s1. The topological polar surface area (TPSA) is 50.8 Å². The first-order chi connectivity index (χ1) is 17.9. The van der Waals surface area contributed by atoms with E-state index in [0.29, 0.717) is 17.9 Å². The third-order valence-corrected chi connectivity index (χ3v) is 7.04. The molecule has 1 N–H and O–H groups in total. The minimum Gasteiger partial charge on any atom is -0.486 e. The van der Waals surface area contributed by atoms with Gasteiger partial charge in [-0.2, -0.15) is 0 Å². The molecule has 0 aliphatic carbocycles. The predicted octanol–water partition coefficient (Wildman–Crippen LogP) is 6.71. The molecule has 6 heteroatoms. The van der Waals surface area contributed by atoms with Gasteiger partial charge in [0.05, 0.1) is 24.9 Å². The maximum absolute atomic E-state index is 14.1. The number of carbonyl (C=O) groups is 1. The number of anilines is 2.